The fourth-order valence-corrected chi connectivity index (χ4v) is 3.86. The monoisotopic (exact) mass is 336 g/mol. The van der Waals surface area contributed by atoms with Gasteiger partial charge in [-0.2, -0.15) is 0 Å². The molecule has 1 N–H and O–H groups in total. The molecular weight excluding hydrogens is 308 g/mol. The van der Waals surface area contributed by atoms with Crippen LogP contribution in [-0.2, 0) is 11.3 Å². The van der Waals surface area contributed by atoms with Gasteiger partial charge < -0.3 is 5.32 Å². The number of anilines is 1. The molecule has 0 unspecified atom stereocenters. The Labute approximate surface area is 151 Å². The van der Waals surface area contributed by atoms with Crippen molar-refractivity contribution in [1.82, 2.24) is 4.90 Å². The van der Waals surface area contributed by atoms with Crippen LogP contribution in [0.5, 0.6) is 0 Å². The Kier molecular flexibility index (Phi) is 5.54. The zero-order valence-corrected chi connectivity index (χ0v) is 15.5. The third kappa shape index (κ3) is 4.49. The van der Waals surface area contributed by atoms with Crippen molar-refractivity contribution in [3.05, 3.63) is 64.7 Å². The maximum atomic E-state index is 12.8. The van der Waals surface area contributed by atoms with E-state index in [0.717, 1.165) is 49.3 Å². The van der Waals surface area contributed by atoms with Crippen LogP contribution >= 0.6 is 0 Å². The van der Waals surface area contributed by atoms with Crippen LogP contribution in [0.3, 0.4) is 0 Å². The number of rotatable bonds is 4. The summed E-state index contributed by atoms with van der Waals surface area (Å²) >= 11 is 0. The number of nitrogens with one attached hydrogen (secondary N) is 1. The van der Waals surface area contributed by atoms with E-state index in [1.165, 1.54) is 11.1 Å². The average molecular weight is 336 g/mol. The molecule has 0 saturated carbocycles. The van der Waals surface area contributed by atoms with Crippen molar-refractivity contribution in [3.63, 3.8) is 0 Å². The molecule has 1 amide bonds. The van der Waals surface area contributed by atoms with Crippen molar-refractivity contribution in [2.75, 3.05) is 18.4 Å². The van der Waals surface area contributed by atoms with Crippen LogP contribution in [0.15, 0.2) is 42.5 Å². The number of piperidine rings is 1. The Bertz CT molecular complexity index is 716. The molecule has 1 heterocycles. The lowest BCUT2D eigenvalue weighted by Gasteiger charge is -2.32. The largest absolute Gasteiger partial charge is 0.325 e. The number of likely N-dealkylation sites (tertiary alicyclic amines) is 1. The molecule has 2 aromatic rings. The summed E-state index contributed by atoms with van der Waals surface area (Å²) in [6.07, 6.45) is 2.05. The van der Waals surface area contributed by atoms with Crippen LogP contribution in [0.4, 0.5) is 5.69 Å². The molecule has 25 heavy (non-hydrogen) atoms. The van der Waals surface area contributed by atoms with E-state index in [-0.39, 0.29) is 11.8 Å². The van der Waals surface area contributed by atoms with Gasteiger partial charge in [-0.1, -0.05) is 48.0 Å². The highest BCUT2D eigenvalue weighted by Crippen LogP contribution is 2.25. The van der Waals surface area contributed by atoms with Gasteiger partial charge in [0.05, 0.1) is 5.92 Å². The van der Waals surface area contributed by atoms with Crippen LogP contribution in [0, 0.1) is 26.7 Å². The lowest BCUT2D eigenvalue weighted by atomic mass is 9.96. The maximum Gasteiger partial charge on any atom is 0.228 e. The van der Waals surface area contributed by atoms with Gasteiger partial charge in [0.1, 0.15) is 0 Å². The fourth-order valence-electron chi connectivity index (χ4n) is 3.86. The quantitative estimate of drug-likeness (QED) is 0.894. The summed E-state index contributed by atoms with van der Waals surface area (Å²) < 4.78 is 0. The molecule has 3 nitrogen and oxygen atoms in total. The van der Waals surface area contributed by atoms with Crippen LogP contribution in [0.1, 0.15) is 35.1 Å². The second-order valence-electron chi connectivity index (χ2n) is 7.32. The number of carbonyl (C=O) groups excluding carboxylic acids is 1. The second kappa shape index (κ2) is 7.83. The van der Waals surface area contributed by atoms with Gasteiger partial charge in [0.25, 0.3) is 0 Å². The zero-order valence-electron chi connectivity index (χ0n) is 15.5. The molecule has 1 atom stereocenters. The van der Waals surface area contributed by atoms with Crippen molar-refractivity contribution in [2.45, 2.75) is 40.2 Å². The first-order valence-electron chi connectivity index (χ1n) is 9.18. The third-order valence-corrected chi connectivity index (χ3v) is 5.05. The summed E-state index contributed by atoms with van der Waals surface area (Å²) in [5.74, 6) is 0.227. The third-order valence-electron chi connectivity index (χ3n) is 5.05. The smallest absolute Gasteiger partial charge is 0.228 e. The van der Waals surface area contributed by atoms with Crippen molar-refractivity contribution >= 4 is 11.6 Å². The molecule has 1 saturated heterocycles. The SMILES string of the molecule is Cc1cc(C)c(NC(=O)[C@H]2CCCN(Cc3ccccc3)C2)c(C)c1. The Morgan fingerprint density at radius 2 is 1.80 bits per heavy atom. The van der Waals surface area contributed by atoms with Crippen LogP contribution in [-0.4, -0.2) is 23.9 Å². The summed E-state index contributed by atoms with van der Waals surface area (Å²) in [5.41, 5.74) is 5.81. The topological polar surface area (TPSA) is 32.3 Å². The van der Waals surface area contributed by atoms with Crippen molar-refractivity contribution in [1.29, 1.82) is 0 Å². The van der Waals surface area contributed by atoms with Crippen LogP contribution in [0.25, 0.3) is 0 Å². The molecule has 132 valence electrons. The van der Waals surface area contributed by atoms with Gasteiger partial charge in [0.2, 0.25) is 5.91 Å². The molecule has 0 aromatic heterocycles. The van der Waals surface area contributed by atoms with Gasteiger partial charge >= 0.3 is 0 Å². The van der Waals surface area contributed by atoms with E-state index in [9.17, 15) is 4.79 Å². The molecule has 2 aromatic carbocycles. The highest BCUT2D eigenvalue weighted by molar-refractivity contribution is 5.94. The molecule has 0 bridgehead atoms. The summed E-state index contributed by atoms with van der Waals surface area (Å²) in [4.78, 5) is 15.2. The van der Waals surface area contributed by atoms with Crippen molar-refractivity contribution in [2.24, 2.45) is 5.92 Å². The predicted molar refractivity (Wildman–Crippen MR) is 104 cm³/mol. The number of carbonyl (C=O) groups is 1. The molecule has 1 aliphatic rings. The summed E-state index contributed by atoms with van der Waals surface area (Å²) in [6.45, 7) is 9.06. The number of amides is 1. The van der Waals surface area contributed by atoms with E-state index in [4.69, 9.17) is 0 Å². The Morgan fingerprint density at radius 3 is 2.48 bits per heavy atom. The maximum absolute atomic E-state index is 12.8. The number of benzene rings is 2. The van der Waals surface area contributed by atoms with Gasteiger partial charge in [-0.05, 0) is 56.8 Å². The van der Waals surface area contributed by atoms with Gasteiger partial charge in [-0.15, -0.1) is 0 Å². The Balaban J connectivity index is 1.64. The Hall–Kier alpha value is -2.13. The van der Waals surface area contributed by atoms with Crippen LogP contribution < -0.4 is 5.32 Å². The number of aryl methyl sites for hydroxylation is 3. The van der Waals surface area contributed by atoms with Crippen molar-refractivity contribution in [3.8, 4) is 0 Å². The van der Waals surface area contributed by atoms with Gasteiger partial charge in [0, 0.05) is 18.8 Å². The Morgan fingerprint density at radius 1 is 1.12 bits per heavy atom. The fraction of sp³-hybridized carbons (Fsp3) is 0.409. The standard InChI is InChI=1S/C22H28N2O/c1-16-12-17(2)21(18(3)13-16)23-22(25)20-10-7-11-24(15-20)14-19-8-5-4-6-9-19/h4-6,8-9,12-13,20H,7,10-11,14-15H2,1-3H3,(H,23,25)/t20-/m0/s1. The highest BCUT2D eigenvalue weighted by Gasteiger charge is 2.26. The minimum Gasteiger partial charge on any atom is -0.325 e. The lowest BCUT2D eigenvalue weighted by Crippen LogP contribution is -2.40. The number of hydrogen-bond acceptors (Lipinski definition) is 2. The first kappa shape index (κ1) is 17.7. The second-order valence-corrected chi connectivity index (χ2v) is 7.32. The predicted octanol–water partition coefficient (Wildman–Crippen LogP) is 4.46. The number of nitrogens with zero attached hydrogens (tertiary/aromatic N) is 1. The van der Waals surface area contributed by atoms with Gasteiger partial charge in [0.15, 0.2) is 0 Å². The first-order chi connectivity index (χ1) is 12.0. The molecule has 0 spiro atoms. The summed E-state index contributed by atoms with van der Waals surface area (Å²) in [7, 11) is 0. The zero-order chi connectivity index (χ0) is 17.8. The van der Waals surface area contributed by atoms with E-state index in [2.05, 4.69) is 67.4 Å². The van der Waals surface area contributed by atoms with E-state index in [1.807, 2.05) is 6.07 Å². The van der Waals surface area contributed by atoms with E-state index < -0.39 is 0 Å². The van der Waals surface area contributed by atoms with Crippen molar-refractivity contribution < 1.29 is 4.79 Å². The van der Waals surface area contributed by atoms with Crippen LogP contribution in [0.2, 0.25) is 0 Å². The minimum absolute atomic E-state index is 0.0672. The lowest BCUT2D eigenvalue weighted by molar-refractivity contribution is -0.121. The normalized spacial score (nSPS) is 18.1. The highest BCUT2D eigenvalue weighted by atomic mass is 16.1. The van der Waals surface area contributed by atoms with E-state index in [1.54, 1.807) is 0 Å². The molecule has 3 rings (SSSR count). The van der Waals surface area contributed by atoms with E-state index in [0.29, 0.717) is 0 Å². The van der Waals surface area contributed by atoms with Gasteiger partial charge in [-0.25, -0.2) is 0 Å². The minimum atomic E-state index is 0.0672. The average Bonchev–Trinajstić information content (AvgIpc) is 2.59. The van der Waals surface area contributed by atoms with Gasteiger partial charge in [-0.3, -0.25) is 9.69 Å². The first-order valence-corrected chi connectivity index (χ1v) is 9.18. The molecule has 0 radical (unpaired) electrons. The molecule has 1 fully saturated rings. The molecule has 3 heteroatoms. The summed E-state index contributed by atoms with van der Waals surface area (Å²) in [5, 5.41) is 3.19. The molecular formula is C22H28N2O. The van der Waals surface area contributed by atoms with E-state index >= 15 is 0 Å². The molecule has 0 aliphatic carbocycles. The molecule has 1 aliphatic heterocycles. The number of hydrogen-bond donors (Lipinski definition) is 1. The summed E-state index contributed by atoms with van der Waals surface area (Å²) in [6, 6.07) is 14.8.